The summed E-state index contributed by atoms with van der Waals surface area (Å²) in [4.78, 5) is 33.0. The summed E-state index contributed by atoms with van der Waals surface area (Å²) in [6.45, 7) is 9.82. The average Bonchev–Trinajstić information content (AvgIpc) is 3.02. The molecular weight excluding hydrogens is 546 g/mol. The Morgan fingerprint density at radius 3 is 2.05 bits per heavy atom. The fourth-order valence-electron chi connectivity index (χ4n) is 4.37. The van der Waals surface area contributed by atoms with Gasteiger partial charge in [-0.25, -0.2) is 14.6 Å². The smallest absolute Gasteiger partial charge is 0.338 e. The number of pyridine rings is 1. The van der Waals surface area contributed by atoms with Crippen molar-refractivity contribution in [2.45, 2.75) is 6.92 Å². The summed E-state index contributed by atoms with van der Waals surface area (Å²) in [5.41, 5.74) is 2.25. The van der Waals surface area contributed by atoms with Crippen LogP contribution in [0, 0.1) is 23.6 Å². The summed E-state index contributed by atoms with van der Waals surface area (Å²) in [5.74, 6) is -0.775. The zero-order chi connectivity index (χ0) is 30.3. The number of nitro benzene ring substituents is 1. The van der Waals surface area contributed by atoms with Gasteiger partial charge in [-0.2, -0.15) is 0 Å². The second-order valence-corrected chi connectivity index (χ2v) is 9.18. The Labute approximate surface area is 246 Å². The monoisotopic (exact) mass is 569 g/mol. The minimum atomic E-state index is -1.39. The van der Waals surface area contributed by atoms with Crippen molar-refractivity contribution in [3.63, 3.8) is 0 Å². The van der Waals surface area contributed by atoms with Crippen LogP contribution in [-0.2, 0) is 0 Å². The number of nitrogens with one attached hydrogen (secondary N) is 1. The molecular formula is C32H23N7O4. The Morgan fingerprint density at radius 2 is 1.51 bits per heavy atom. The first-order valence-electron chi connectivity index (χ1n) is 12.9. The number of carboxylic acid groups (broad SMARTS) is 1. The first-order valence-corrected chi connectivity index (χ1v) is 12.9. The van der Waals surface area contributed by atoms with E-state index in [2.05, 4.69) is 20.4 Å². The lowest BCUT2D eigenvalue weighted by atomic mass is 10.1. The van der Waals surface area contributed by atoms with E-state index in [0.717, 1.165) is 23.5 Å². The molecule has 0 unspecified atom stereocenters. The topological polar surface area (TPSA) is 138 Å². The number of carbonyl (C=O) groups is 1. The van der Waals surface area contributed by atoms with Crippen molar-refractivity contribution in [2.75, 3.05) is 10.2 Å². The van der Waals surface area contributed by atoms with Crippen LogP contribution in [0.4, 0.5) is 51.4 Å². The average molecular weight is 570 g/mol. The van der Waals surface area contributed by atoms with E-state index >= 15 is 0 Å². The lowest BCUT2D eigenvalue weighted by Gasteiger charge is -2.27. The molecule has 0 amide bonds. The Morgan fingerprint density at radius 1 is 0.930 bits per heavy atom. The van der Waals surface area contributed by atoms with Gasteiger partial charge in [-0.1, -0.05) is 54.6 Å². The number of aromatic nitrogens is 1. The Hall–Kier alpha value is -6.41. The van der Waals surface area contributed by atoms with Gasteiger partial charge in [-0.05, 0) is 55.0 Å². The van der Waals surface area contributed by atoms with E-state index in [1.807, 2.05) is 95.9 Å². The quantitative estimate of drug-likeness (QED) is 0.0781. The molecule has 0 aliphatic rings. The molecule has 210 valence electrons. The number of carboxylic acids is 1. The first kappa shape index (κ1) is 28.1. The minimum Gasteiger partial charge on any atom is -0.478 e. The van der Waals surface area contributed by atoms with Crippen LogP contribution in [0.5, 0.6) is 0 Å². The fraction of sp³-hybridized carbons (Fsp3) is 0.0312. The number of nitro groups is 1. The number of para-hydroxylation sites is 3. The van der Waals surface area contributed by atoms with Crippen molar-refractivity contribution in [1.82, 2.24) is 4.98 Å². The minimum absolute atomic E-state index is 0.0909. The van der Waals surface area contributed by atoms with Crippen LogP contribution in [-0.4, -0.2) is 21.0 Å². The molecule has 0 fully saturated rings. The Balaban J connectivity index is 1.73. The van der Waals surface area contributed by atoms with Crippen LogP contribution in [0.2, 0.25) is 0 Å². The second kappa shape index (κ2) is 12.4. The molecule has 5 rings (SSSR count). The highest BCUT2D eigenvalue weighted by molar-refractivity contribution is 5.94. The van der Waals surface area contributed by atoms with Crippen LogP contribution in [0.1, 0.15) is 15.9 Å². The van der Waals surface area contributed by atoms with Gasteiger partial charge in [0.2, 0.25) is 5.69 Å². The molecule has 4 aromatic carbocycles. The highest BCUT2D eigenvalue weighted by Gasteiger charge is 2.24. The summed E-state index contributed by atoms with van der Waals surface area (Å²) in [6, 6.07) is 31.6. The van der Waals surface area contributed by atoms with Crippen molar-refractivity contribution in [3.8, 4) is 0 Å². The van der Waals surface area contributed by atoms with Gasteiger partial charge in [-0.15, -0.1) is 10.2 Å². The standard InChI is InChI=1S/C32H23N7O4/c1-21-28(37-36-27-19-18-25(39(42)43)20-26(27)32(40)41)30(34-22-12-6-3-7-13-22)35-31(29(21)33-2)38(23-14-8-4-9-15-23)24-16-10-5-11-17-24/h3-20H,1H3,(H,34,35)(H,40,41). The van der Waals surface area contributed by atoms with Crippen molar-refractivity contribution < 1.29 is 14.8 Å². The molecule has 0 spiro atoms. The van der Waals surface area contributed by atoms with E-state index in [-0.39, 0.29) is 34.1 Å². The third-order valence-corrected chi connectivity index (χ3v) is 6.43. The number of anilines is 5. The molecule has 43 heavy (non-hydrogen) atoms. The molecule has 0 radical (unpaired) electrons. The van der Waals surface area contributed by atoms with Gasteiger partial charge in [0.15, 0.2) is 5.82 Å². The van der Waals surface area contributed by atoms with E-state index < -0.39 is 10.9 Å². The fourth-order valence-corrected chi connectivity index (χ4v) is 4.37. The van der Waals surface area contributed by atoms with Gasteiger partial charge < -0.3 is 15.3 Å². The first-order chi connectivity index (χ1) is 20.9. The van der Waals surface area contributed by atoms with Gasteiger partial charge in [-0.3, -0.25) is 10.1 Å². The third-order valence-electron chi connectivity index (χ3n) is 6.43. The molecule has 0 bridgehead atoms. The van der Waals surface area contributed by atoms with Crippen molar-refractivity contribution >= 4 is 57.4 Å². The molecule has 11 heteroatoms. The van der Waals surface area contributed by atoms with E-state index in [1.54, 1.807) is 6.92 Å². The summed E-state index contributed by atoms with van der Waals surface area (Å²) in [5, 5.41) is 32.6. The molecule has 1 aromatic heterocycles. The van der Waals surface area contributed by atoms with Gasteiger partial charge in [0.1, 0.15) is 17.2 Å². The summed E-state index contributed by atoms with van der Waals surface area (Å²) < 4.78 is 0. The summed E-state index contributed by atoms with van der Waals surface area (Å²) in [7, 11) is 0. The zero-order valence-electron chi connectivity index (χ0n) is 22.7. The molecule has 0 saturated heterocycles. The van der Waals surface area contributed by atoms with E-state index in [4.69, 9.17) is 11.6 Å². The number of non-ortho nitro benzene ring substituents is 1. The van der Waals surface area contributed by atoms with Crippen LogP contribution in [0.3, 0.4) is 0 Å². The maximum atomic E-state index is 11.9. The van der Waals surface area contributed by atoms with Crippen molar-refractivity contribution in [3.05, 3.63) is 142 Å². The Kier molecular flexibility index (Phi) is 8.12. The molecule has 1 heterocycles. The lowest BCUT2D eigenvalue weighted by Crippen LogP contribution is -2.13. The number of rotatable bonds is 9. The number of aromatic carboxylic acids is 1. The number of nitrogens with zero attached hydrogens (tertiary/aromatic N) is 6. The number of azo groups is 1. The van der Waals surface area contributed by atoms with Crippen LogP contribution in [0.25, 0.3) is 4.85 Å². The van der Waals surface area contributed by atoms with E-state index in [1.165, 1.54) is 6.07 Å². The molecule has 0 atom stereocenters. The predicted octanol–water partition coefficient (Wildman–Crippen LogP) is 9.18. The number of hydrogen-bond donors (Lipinski definition) is 2. The third kappa shape index (κ3) is 6.03. The molecule has 0 aliphatic carbocycles. The largest absolute Gasteiger partial charge is 0.478 e. The second-order valence-electron chi connectivity index (χ2n) is 9.18. The zero-order valence-corrected chi connectivity index (χ0v) is 22.7. The molecule has 0 saturated carbocycles. The normalized spacial score (nSPS) is 10.7. The van der Waals surface area contributed by atoms with Crippen LogP contribution < -0.4 is 10.2 Å². The SMILES string of the molecule is [C-]#[N+]c1c(N(c2ccccc2)c2ccccc2)nc(Nc2ccccc2)c(N=Nc2ccc([N+](=O)[O-])cc2C(=O)O)c1C. The van der Waals surface area contributed by atoms with Crippen LogP contribution in [0.15, 0.2) is 119 Å². The lowest BCUT2D eigenvalue weighted by molar-refractivity contribution is -0.384. The molecule has 2 N–H and O–H groups in total. The van der Waals surface area contributed by atoms with Gasteiger partial charge >= 0.3 is 5.97 Å². The van der Waals surface area contributed by atoms with Crippen molar-refractivity contribution in [1.29, 1.82) is 0 Å². The predicted molar refractivity (Wildman–Crippen MR) is 164 cm³/mol. The van der Waals surface area contributed by atoms with Gasteiger partial charge in [0, 0.05) is 29.2 Å². The van der Waals surface area contributed by atoms with Gasteiger partial charge in [0.05, 0.1) is 17.1 Å². The van der Waals surface area contributed by atoms with Crippen molar-refractivity contribution in [2.24, 2.45) is 10.2 Å². The number of hydrogen-bond acceptors (Lipinski definition) is 8. The van der Waals surface area contributed by atoms with E-state index in [9.17, 15) is 20.0 Å². The van der Waals surface area contributed by atoms with E-state index in [0.29, 0.717) is 17.1 Å². The summed E-state index contributed by atoms with van der Waals surface area (Å²) >= 11 is 0. The maximum absolute atomic E-state index is 11.9. The molecule has 11 nitrogen and oxygen atoms in total. The highest BCUT2D eigenvalue weighted by Crippen LogP contribution is 2.46. The Bertz CT molecular complexity index is 1830. The maximum Gasteiger partial charge on any atom is 0.338 e. The van der Waals surface area contributed by atoms with Gasteiger partial charge in [0.25, 0.3) is 5.69 Å². The summed E-state index contributed by atoms with van der Waals surface area (Å²) in [6.07, 6.45) is 0. The number of benzene rings is 4. The molecule has 0 aliphatic heterocycles. The van der Waals surface area contributed by atoms with Crippen LogP contribution >= 0.6 is 0 Å². The highest BCUT2D eigenvalue weighted by atomic mass is 16.6. The molecule has 5 aromatic rings.